The fourth-order valence-corrected chi connectivity index (χ4v) is 10.4. The van der Waals surface area contributed by atoms with Gasteiger partial charge in [-0.15, -0.1) is 11.3 Å². The van der Waals surface area contributed by atoms with Crippen LogP contribution in [0.4, 0.5) is 0 Å². The molecule has 0 unspecified atom stereocenters. The molecule has 15 heteroatoms. The van der Waals surface area contributed by atoms with Crippen LogP contribution in [0.15, 0.2) is 28.5 Å². The summed E-state index contributed by atoms with van der Waals surface area (Å²) in [5.74, 6) is -0.363. The van der Waals surface area contributed by atoms with Crippen molar-refractivity contribution in [2.24, 2.45) is 0 Å². The highest BCUT2D eigenvalue weighted by atomic mass is 35.5. The Labute approximate surface area is 256 Å². The van der Waals surface area contributed by atoms with Gasteiger partial charge in [-0.2, -0.15) is 9.03 Å². The number of benzene rings is 1. The molecule has 1 aromatic heterocycles. The summed E-state index contributed by atoms with van der Waals surface area (Å²) in [5.41, 5.74) is 0. The fourth-order valence-electron chi connectivity index (χ4n) is 6.06. The molecule has 3 aliphatic heterocycles. The largest absolute Gasteiger partial charge is 0.337 e. The molecule has 42 heavy (non-hydrogen) atoms. The molecule has 0 saturated carbocycles. The van der Waals surface area contributed by atoms with Crippen LogP contribution in [0.1, 0.15) is 39.0 Å². The first kappa shape index (κ1) is 31.6. The summed E-state index contributed by atoms with van der Waals surface area (Å²) >= 11 is 7.16. The number of halogens is 1. The van der Waals surface area contributed by atoms with Gasteiger partial charge in [0.15, 0.2) is 0 Å². The van der Waals surface area contributed by atoms with Crippen molar-refractivity contribution >= 4 is 64.9 Å². The molecular weight excluding hydrogens is 622 g/mol. The van der Waals surface area contributed by atoms with Crippen LogP contribution in [0.2, 0.25) is 5.02 Å². The number of amides is 2. The summed E-state index contributed by atoms with van der Waals surface area (Å²) in [6, 6.07) is 5.81. The van der Waals surface area contributed by atoms with Gasteiger partial charge in [0.25, 0.3) is 10.0 Å². The quantitative estimate of drug-likeness (QED) is 0.414. The Bertz CT molecular complexity index is 1520. The van der Waals surface area contributed by atoms with Crippen LogP contribution in [0, 0.1) is 0 Å². The number of likely N-dealkylation sites (tertiary alicyclic amines) is 2. The SMILES string of the molecule is CCCS(=O)(=O)N1CCN(C[C@@H]2CCCN2C(=O)CN2CCC[C@H](NS(=O)(=O)c3cc4cc(Cl)ccc4s3)C2=O)CC1. The highest BCUT2D eigenvalue weighted by Gasteiger charge is 2.37. The van der Waals surface area contributed by atoms with E-state index in [-0.39, 0.29) is 34.4 Å². The Morgan fingerprint density at radius 1 is 1.02 bits per heavy atom. The lowest BCUT2D eigenvalue weighted by atomic mass is 10.1. The molecule has 1 aromatic carbocycles. The van der Waals surface area contributed by atoms with E-state index in [1.54, 1.807) is 28.6 Å². The average Bonchev–Trinajstić information content (AvgIpc) is 3.58. The van der Waals surface area contributed by atoms with E-state index in [9.17, 15) is 26.4 Å². The van der Waals surface area contributed by atoms with Crippen molar-refractivity contribution < 1.29 is 26.4 Å². The maximum absolute atomic E-state index is 13.4. The summed E-state index contributed by atoms with van der Waals surface area (Å²) in [4.78, 5) is 32.2. The predicted molar refractivity (Wildman–Crippen MR) is 164 cm³/mol. The number of nitrogens with zero attached hydrogens (tertiary/aromatic N) is 4. The second-order valence-electron chi connectivity index (χ2n) is 11.2. The minimum absolute atomic E-state index is 0.00644. The lowest BCUT2D eigenvalue weighted by molar-refractivity contribution is -0.143. The van der Waals surface area contributed by atoms with Gasteiger partial charge in [-0.25, -0.2) is 16.8 Å². The third kappa shape index (κ3) is 7.11. The third-order valence-electron chi connectivity index (χ3n) is 8.23. The predicted octanol–water partition coefficient (Wildman–Crippen LogP) is 2.17. The zero-order chi connectivity index (χ0) is 30.1. The van der Waals surface area contributed by atoms with E-state index in [0.29, 0.717) is 70.1 Å². The number of piperazine rings is 1. The van der Waals surface area contributed by atoms with E-state index in [1.165, 1.54) is 4.90 Å². The van der Waals surface area contributed by atoms with E-state index >= 15 is 0 Å². The summed E-state index contributed by atoms with van der Waals surface area (Å²) in [5, 5.41) is 1.24. The number of carbonyl (C=O) groups is 2. The van der Waals surface area contributed by atoms with Crippen molar-refractivity contribution in [2.75, 3.05) is 58.1 Å². The fraction of sp³-hybridized carbons (Fsp3) is 0.630. The second kappa shape index (κ2) is 13.0. The number of sulfonamides is 2. The molecule has 0 radical (unpaired) electrons. The van der Waals surface area contributed by atoms with Crippen molar-refractivity contribution in [2.45, 2.75) is 55.3 Å². The molecule has 2 aromatic rings. The van der Waals surface area contributed by atoms with Gasteiger partial charge in [0.1, 0.15) is 10.3 Å². The van der Waals surface area contributed by atoms with Gasteiger partial charge in [0, 0.05) is 61.6 Å². The zero-order valence-electron chi connectivity index (χ0n) is 23.7. The molecule has 2 atom stereocenters. The van der Waals surface area contributed by atoms with Crippen molar-refractivity contribution in [3.8, 4) is 0 Å². The van der Waals surface area contributed by atoms with E-state index in [4.69, 9.17) is 11.6 Å². The number of hydrogen-bond acceptors (Lipinski definition) is 8. The van der Waals surface area contributed by atoms with Gasteiger partial charge in [-0.1, -0.05) is 18.5 Å². The zero-order valence-corrected chi connectivity index (χ0v) is 26.9. The van der Waals surface area contributed by atoms with Crippen molar-refractivity contribution in [1.82, 2.24) is 23.7 Å². The number of hydrogen-bond donors (Lipinski definition) is 1. The molecular formula is C27H38ClN5O6S3. The number of fused-ring (bicyclic) bond motifs is 1. The summed E-state index contributed by atoms with van der Waals surface area (Å²) in [6.07, 6.45) is 3.28. The lowest BCUT2D eigenvalue weighted by Crippen LogP contribution is -2.56. The molecule has 4 heterocycles. The van der Waals surface area contributed by atoms with Crippen LogP contribution >= 0.6 is 22.9 Å². The molecule has 0 bridgehead atoms. The maximum atomic E-state index is 13.4. The summed E-state index contributed by atoms with van der Waals surface area (Å²) in [7, 11) is -7.15. The van der Waals surface area contributed by atoms with E-state index < -0.39 is 26.1 Å². The molecule has 1 N–H and O–H groups in total. The molecule has 3 fully saturated rings. The Balaban J connectivity index is 1.16. The number of thiophene rings is 1. The lowest BCUT2D eigenvalue weighted by Gasteiger charge is -2.38. The Hall–Kier alpha value is -1.81. The van der Waals surface area contributed by atoms with Crippen LogP contribution in [-0.2, 0) is 29.6 Å². The van der Waals surface area contributed by atoms with Crippen LogP contribution in [-0.4, -0.2) is 118 Å². The molecule has 5 rings (SSSR count). The molecule has 3 aliphatic rings. The Morgan fingerprint density at radius 3 is 2.50 bits per heavy atom. The number of nitrogens with one attached hydrogen (secondary N) is 1. The Morgan fingerprint density at radius 2 is 1.76 bits per heavy atom. The molecule has 11 nitrogen and oxygen atoms in total. The van der Waals surface area contributed by atoms with E-state index in [0.717, 1.165) is 34.3 Å². The first-order chi connectivity index (χ1) is 20.0. The maximum Gasteiger partial charge on any atom is 0.250 e. The van der Waals surface area contributed by atoms with Gasteiger partial charge in [-0.05, 0) is 61.8 Å². The topological polar surface area (TPSA) is 127 Å². The Kier molecular flexibility index (Phi) is 9.82. The summed E-state index contributed by atoms with van der Waals surface area (Å²) in [6.45, 7) is 5.62. The van der Waals surface area contributed by atoms with E-state index in [1.807, 2.05) is 11.8 Å². The summed E-state index contributed by atoms with van der Waals surface area (Å²) < 4.78 is 56.1. The van der Waals surface area contributed by atoms with Gasteiger partial charge >= 0.3 is 0 Å². The van der Waals surface area contributed by atoms with Crippen molar-refractivity contribution in [1.29, 1.82) is 0 Å². The van der Waals surface area contributed by atoms with Gasteiger partial charge < -0.3 is 9.80 Å². The van der Waals surface area contributed by atoms with Gasteiger partial charge in [-0.3, -0.25) is 14.5 Å². The molecule has 2 amide bonds. The van der Waals surface area contributed by atoms with E-state index in [2.05, 4.69) is 9.62 Å². The average molecular weight is 660 g/mol. The number of rotatable bonds is 10. The standard InChI is InChI=1S/C27H38ClN5O6S3/c1-2-15-41(36,37)32-13-11-30(12-14-32)18-22-5-3-10-33(22)25(34)19-31-9-4-6-23(27(31)35)29-42(38,39)26-17-20-16-21(28)7-8-24(20)40-26/h7-8,16-17,22-23,29H,2-6,9-15,18-19H2,1H3/t22-,23-/m0/s1. The minimum Gasteiger partial charge on any atom is -0.337 e. The smallest absolute Gasteiger partial charge is 0.250 e. The first-order valence-electron chi connectivity index (χ1n) is 14.5. The normalized spacial score (nSPS) is 23.2. The van der Waals surface area contributed by atoms with Gasteiger partial charge in [0.2, 0.25) is 21.8 Å². The molecule has 0 aliphatic carbocycles. The molecule has 232 valence electrons. The molecule has 3 saturated heterocycles. The van der Waals surface area contributed by atoms with Crippen LogP contribution in [0.3, 0.4) is 0 Å². The van der Waals surface area contributed by atoms with Crippen molar-refractivity contribution in [3.05, 3.63) is 29.3 Å². The monoisotopic (exact) mass is 659 g/mol. The van der Waals surface area contributed by atoms with Crippen molar-refractivity contribution in [3.63, 3.8) is 0 Å². The number of piperidine rings is 1. The van der Waals surface area contributed by atoms with Gasteiger partial charge in [0.05, 0.1) is 12.3 Å². The van der Waals surface area contributed by atoms with Crippen LogP contribution in [0.25, 0.3) is 10.1 Å². The highest BCUT2D eigenvalue weighted by Crippen LogP contribution is 2.31. The highest BCUT2D eigenvalue weighted by molar-refractivity contribution is 7.91. The first-order valence-corrected chi connectivity index (χ1v) is 18.8. The second-order valence-corrected chi connectivity index (χ2v) is 16.8. The van der Waals surface area contributed by atoms with Crippen LogP contribution in [0.5, 0.6) is 0 Å². The third-order valence-corrected chi connectivity index (χ3v) is 13.6. The number of carbonyl (C=O) groups excluding carboxylic acids is 2. The minimum atomic E-state index is -3.94. The molecule has 0 spiro atoms. The van der Waals surface area contributed by atoms with Crippen LogP contribution < -0.4 is 4.72 Å².